The van der Waals surface area contributed by atoms with Crippen LogP contribution in [0.15, 0.2) is 30.7 Å². The first-order valence-corrected chi connectivity index (χ1v) is 9.73. The Morgan fingerprint density at radius 1 is 1.19 bits per heavy atom. The standard InChI is InChI=1S/C20H30N6O/c1-16(2)19-21-8-10-26(19)9-4-7-22-20(27)17-5-6-18(23-15-17)25-13-11-24(3)12-14-25/h5-6,8,10,15-16H,4,7,9,11-14H2,1-3H3,(H,22,27). The van der Waals surface area contributed by atoms with Crippen LogP contribution < -0.4 is 10.2 Å². The molecule has 1 N–H and O–H groups in total. The molecule has 2 aromatic rings. The third-order valence-electron chi connectivity index (χ3n) is 4.96. The fourth-order valence-corrected chi connectivity index (χ4v) is 3.31. The number of amides is 1. The van der Waals surface area contributed by atoms with Crippen molar-refractivity contribution in [1.82, 2.24) is 24.8 Å². The number of likely N-dealkylation sites (N-methyl/N-ethyl adjacent to an activating group) is 1. The summed E-state index contributed by atoms with van der Waals surface area (Å²) in [4.78, 5) is 25.8. The fraction of sp³-hybridized carbons (Fsp3) is 0.550. The van der Waals surface area contributed by atoms with E-state index < -0.39 is 0 Å². The molecule has 0 saturated carbocycles. The molecule has 0 radical (unpaired) electrons. The second-order valence-corrected chi connectivity index (χ2v) is 7.44. The highest BCUT2D eigenvalue weighted by atomic mass is 16.1. The van der Waals surface area contributed by atoms with Crippen molar-refractivity contribution in [3.8, 4) is 0 Å². The summed E-state index contributed by atoms with van der Waals surface area (Å²) in [6.07, 6.45) is 6.38. The number of aryl methyl sites for hydroxylation is 1. The summed E-state index contributed by atoms with van der Waals surface area (Å²) < 4.78 is 2.16. The normalized spacial score (nSPS) is 15.3. The molecule has 0 aromatic carbocycles. The minimum atomic E-state index is -0.0675. The van der Waals surface area contributed by atoms with Gasteiger partial charge in [-0.05, 0) is 25.6 Å². The van der Waals surface area contributed by atoms with Crippen molar-refractivity contribution < 1.29 is 4.79 Å². The van der Waals surface area contributed by atoms with Crippen LogP contribution in [0.25, 0.3) is 0 Å². The highest BCUT2D eigenvalue weighted by molar-refractivity contribution is 5.94. The maximum absolute atomic E-state index is 12.3. The fourth-order valence-electron chi connectivity index (χ4n) is 3.31. The largest absolute Gasteiger partial charge is 0.354 e. The molecule has 1 aliphatic heterocycles. The molecular weight excluding hydrogens is 340 g/mol. The third-order valence-corrected chi connectivity index (χ3v) is 4.96. The molecular formula is C20H30N6O. The van der Waals surface area contributed by atoms with E-state index in [0.29, 0.717) is 18.0 Å². The summed E-state index contributed by atoms with van der Waals surface area (Å²) in [5.41, 5.74) is 0.610. The number of hydrogen-bond donors (Lipinski definition) is 1. The second kappa shape index (κ2) is 8.99. The van der Waals surface area contributed by atoms with Gasteiger partial charge in [-0.1, -0.05) is 13.8 Å². The van der Waals surface area contributed by atoms with Crippen LogP contribution in [0.2, 0.25) is 0 Å². The van der Waals surface area contributed by atoms with Crippen molar-refractivity contribution in [1.29, 1.82) is 0 Å². The molecule has 1 saturated heterocycles. The highest BCUT2D eigenvalue weighted by Gasteiger charge is 2.15. The first-order chi connectivity index (χ1) is 13.0. The molecule has 0 atom stereocenters. The topological polar surface area (TPSA) is 66.3 Å². The lowest BCUT2D eigenvalue weighted by Gasteiger charge is -2.33. The molecule has 3 rings (SSSR count). The molecule has 1 fully saturated rings. The van der Waals surface area contributed by atoms with Crippen molar-refractivity contribution in [2.24, 2.45) is 0 Å². The Bertz CT molecular complexity index is 731. The minimum absolute atomic E-state index is 0.0675. The number of carbonyl (C=O) groups excluding carboxylic acids is 1. The van der Waals surface area contributed by atoms with Crippen molar-refractivity contribution in [3.05, 3.63) is 42.1 Å². The Hall–Kier alpha value is -2.41. The van der Waals surface area contributed by atoms with Gasteiger partial charge in [0.1, 0.15) is 11.6 Å². The lowest BCUT2D eigenvalue weighted by molar-refractivity contribution is 0.0952. The van der Waals surface area contributed by atoms with Gasteiger partial charge in [0.2, 0.25) is 0 Å². The molecule has 1 aliphatic rings. The Labute approximate surface area is 161 Å². The van der Waals surface area contributed by atoms with Crippen molar-refractivity contribution >= 4 is 11.7 Å². The van der Waals surface area contributed by atoms with Gasteiger partial charge in [0.05, 0.1) is 5.56 Å². The number of hydrogen-bond acceptors (Lipinski definition) is 5. The zero-order valence-electron chi connectivity index (χ0n) is 16.6. The van der Waals surface area contributed by atoms with Gasteiger partial charge in [-0.25, -0.2) is 9.97 Å². The van der Waals surface area contributed by atoms with Crippen LogP contribution in [0.4, 0.5) is 5.82 Å². The number of nitrogens with zero attached hydrogens (tertiary/aromatic N) is 5. The van der Waals surface area contributed by atoms with Crippen LogP contribution >= 0.6 is 0 Å². The number of aromatic nitrogens is 3. The minimum Gasteiger partial charge on any atom is -0.354 e. The van der Waals surface area contributed by atoms with E-state index in [4.69, 9.17) is 0 Å². The van der Waals surface area contributed by atoms with Gasteiger partial charge < -0.3 is 19.7 Å². The summed E-state index contributed by atoms with van der Waals surface area (Å²) in [5.74, 6) is 2.37. The molecule has 27 heavy (non-hydrogen) atoms. The summed E-state index contributed by atoms with van der Waals surface area (Å²) >= 11 is 0. The summed E-state index contributed by atoms with van der Waals surface area (Å²) in [7, 11) is 2.13. The van der Waals surface area contributed by atoms with Crippen LogP contribution in [-0.4, -0.2) is 65.1 Å². The molecule has 146 valence electrons. The zero-order valence-corrected chi connectivity index (χ0v) is 16.6. The van der Waals surface area contributed by atoms with Crippen LogP contribution in [0.3, 0.4) is 0 Å². The van der Waals surface area contributed by atoms with E-state index in [-0.39, 0.29) is 5.91 Å². The summed E-state index contributed by atoms with van der Waals surface area (Å²) in [6, 6.07) is 3.81. The molecule has 0 bridgehead atoms. The van der Waals surface area contributed by atoms with Gasteiger partial charge >= 0.3 is 0 Å². The van der Waals surface area contributed by atoms with Gasteiger partial charge in [0.25, 0.3) is 5.91 Å². The Morgan fingerprint density at radius 3 is 2.63 bits per heavy atom. The Kier molecular flexibility index (Phi) is 6.45. The third kappa shape index (κ3) is 5.07. The van der Waals surface area contributed by atoms with Crippen LogP contribution in [0.5, 0.6) is 0 Å². The Balaban J connectivity index is 1.45. The van der Waals surface area contributed by atoms with E-state index in [1.54, 1.807) is 6.20 Å². The lowest BCUT2D eigenvalue weighted by Crippen LogP contribution is -2.44. The van der Waals surface area contributed by atoms with Gasteiger partial charge in [0.15, 0.2) is 0 Å². The zero-order chi connectivity index (χ0) is 19.2. The molecule has 0 unspecified atom stereocenters. The van der Waals surface area contributed by atoms with Crippen molar-refractivity contribution in [3.63, 3.8) is 0 Å². The molecule has 2 aromatic heterocycles. The molecule has 7 nitrogen and oxygen atoms in total. The van der Waals surface area contributed by atoms with E-state index >= 15 is 0 Å². The number of anilines is 1. The monoisotopic (exact) mass is 370 g/mol. The van der Waals surface area contributed by atoms with Crippen LogP contribution in [-0.2, 0) is 6.54 Å². The van der Waals surface area contributed by atoms with Crippen LogP contribution in [0, 0.1) is 0 Å². The number of rotatable bonds is 7. The number of imidazole rings is 1. The van der Waals surface area contributed by atoms with E-state index in [1.165, 1.54) is 0 Å². The number of carbonyl (C=O) groups is 1. The van der Waals surface area contributed by atoms with Crippen LogP contribution in [0.1, 0.15) is 42.4 Å². The molecule has 7 heteroatoms. The van der Waals surface area contributed by atoms with Gasteiger partial charge in [-0.2, -0.15) is 0 Å². The summed E-state index contributed by atoms with van der Waals surface area (Å²) in [6.45, 7) is 9.80. The van der Waals surface area contributed by atoms with Gasteiger partial charge in [0, 0.05) is 63.8 Å². The quantitative estimate of drug-likeness (QED) is 0.755. The number of pyridine rings is 1. The average Bonchev–Trinajstić information content (AvgIpc) is 3.15. The summed E-state index contributed by atoms with van der Waals surface area (Å²) in [5, 5.41) is 2.98. The first-order valence-electron chi connectivity index (χ1n) is 9.73. The van der Waals surface area contributed by atoms with Crippen molar-refractivity contribution in [2.45, 2.75) is 32.7 Å². The molecule has 3 heterocycles. The molecule has 1 amide bonds. The van der Waals surface area contributed by atoms with E-state index in [0.717, 1.165) is 50.8 Å². The van der Waals surface area contributed by atoms with E-state index in [1.807, 2.05) is 24.5 Å². The maximum atomic E-state index is 12.3. The Morgan fingerprint density at radius 2 is 1.96 bits per heavy atom. The number of nitrogens with one attached hydrogen (secondary N) is 1. The van der Waals surface area contributed by atoms with Gasteiger partial charge in [-0.15, -0.1) is 0 Å². The maximum Gasteiger partial charge on any atom is 0.252 e. The second-order valence-electron chi connectivity index (χ2n) is 7.44. The highest BCUT2D eigenvalue weighted by Crippen LogP contribution is 2.14. The predicted octanol–water partition coefficient (Wildman–Crippen LogP) is 1.97. The molecule has 0 aliphatic carbocycles. The van der Waals surface area contributed by atoms with Gasteiger partial charge in [-0.3, -0.25) is 4.79 Å². The van der Waals surface area contributed by atoms with E-state index in [9.17, 15) is 4.79 Å². The SMILES string of the molecule is CC(C)c1nccn1CCCNC(=O)c1ccc(N2CCN(C)CC2)nc1. The van der Waals surface area contributed by atoms with E-state index in [2.05, 4.69) is 50.5 Å². The number of piperazine rings is 1. The molecule has 0 spiro atoms. The first kappa shape index (κ1) is 19.4. The predicted molar refractivity (Wildman–Crippen MR) is 107 cm³/mol. The smallest absolute Gasteiger partial charge is 0.252 e. The van der Waals surface area contributed by atoms with Crippen molar-refractivity contribution in [2.75, 3.05) is 44.7 Å². The lowest BCUT2D eigenvalue weighted by atomic mass is 10.2. The average molecular weight is 371 g/mol.